The lowest BCUT2D eigenvalue weighted by Gasteiger charge is -2.08. The maximum atomic E-state index is 12.8. The SMILES string of the molecule is Nc1cn(-c2ccc3ccccc3c2)nc1NC(=O)c1ccc(CNC(=O)OCc2cccnc2)cc1. The maximum absolute atomic E-state index is 12.8. The Morgan fingerprint density at radius 1 is 0.919 bits per heavy atom. The Morgan fingerprint density at radius 3 is 2.51 bits per heavy atom. The van der Waals surface area contributed by atoms with Crippen LogP contribution in [0.5, 0.6) is 0 Å². The van der Waals surface area contributed by atoms with E-state index in [4.69, 9.17) is 10.5 Å². The highest BCUT2D eigenvalue weighted by Crippen LogP contribution is 2.23. The summed E-state index contributed by atoms with van der Waals surface area (Å²) >= 11 is 0. The van der Waals surface area contributed by atoms with E-state index in [1.54, 1.807) is 53.6 Å². The quantitative estimate of drug-likeness (QED) is 0.303. The van der Waals surface area contributed by atoms with E-state index >= 15 is 0 Å². The molecule has 0 aliphatic heterocycles. The average molecular weight is 493 g/mol. The third kappa shape index (κ3) is 5.73. The molecule has 9 nitrogen and oxygen atoms in total. The van der Waals surface area contributed by atoms with Gasteiger partial charge in [-0.25, -0.2) is 9.48 Å². The van der Waals surface area contributed by atoms with Crippen molar-refractivity contribution >= 4 is 34.3 Å². The lowest BCUT2D eigenvalue weighted by molar-refractivity contribution is 0.102. The van der Waals surface area contributed by atoms with Crippen LogP contribution in [0.15, 0.2) is 97.5 Å². The van der Waals surface area contributed by atoms with E-state index in [0.29, 0.717) is 11.3 Å². The lowest BCUT2D eigenvalue weighted by atomic mass is 10.1. The van der Waals surface area contributed by atoms with Gasteiger partial charge in [0.25, 0.3) is 5.91 Å². The summed E-state index contributed by atoms with van der Waals surface area (Å²) in [5.41, 5.74) is 9.36. The third-order valence-corrected chi connectivity index (χ3v) is 5.72. The monoisotopic (exact) mass is 492 g/mol. The summed E-state index contributed by atoms with van der Waals surface area (Å²) < 4.78 is 6.81. The Kier molecular flexibility index (Phi) is 6.76. The summed E-state index contributed by atoms with van der Waals surface area (Å²) in [6.07, 6.45) is 4.42. The summed E-state index contributed by atoms with van der Waals surface area (Å²) in [6.45, 7) is 0.398. The number of nitrogens with zero attached hydrogens (tertiary/aromatic N) is 3. The maximum Gasteiger partial charge on any atom is 0.407 e. The van der Waals surface area contributed by atoms with Crippen molar-refractivity contribution in [3.8, 4) is 5.69 Å². The fraction of sp³-hybridized carbons (Fsp3) is 0.0714. The Bertz CT molecular complexity index is 1550. The molecule has 0 saturated heterocycles. The van der Waals surface area contributed by atoms with Crippen LogP contribution in [0, 0.1) is 0 Å². The molecular weight excluding hydrogens is 468 g/mol. The number of pyridine rings is 1. The van der Waals surface area contributed by atoms with Crippen molar-refractivity contribution < 1.29 is 14.3 Å². The molecule has 0 aliphatic rings. The minimum Gasteiger partial charge on any atom is -0.445 e. The standard InChI is InChI=1S/C28H24N6O3/c29-25-17-34(24-12-11-21-5-1-2-6-23(21)14-24)33-26(25)32-27(35)22-9-7-19(8-10-22)16-31-28(36)37-18-20-4-3-13-30-15-20/h1-15,17H,16,18,29H2,(H,31,36)(H,32,33,35). The van der Waals surface area contributed by atoms with E-state index in [1.807, 2.05) is 48.5 Å². The number of nitrogen functional groups attached to an aromatic ring is 1. The number of amides is 2. The number of fused-ring (bicyclic) bond motifs is 1. The number of ether oxygens (including phenoxy) is 1. The number of carbonyl (C=O) groups is 2. The number of aromatic nitrogens is 3. The van der Waals surface area contributed by atoms with Crippen molar-refractivity contribution in [3.63, 3.8) is 0 Å². The van der Waals surface area contributed by atoms with Crippen LogP contribution in [0.4, 0.5) is 16.3 Å². The van der Waals surface area contributed by atoms with Crippen LogP contribution in [-0.4, -0.2) is 26.8 Å². The number of anilines is 2. The van der Waals surface area contributed by atoms with E-state index in [0.717, 1.165) is 27.6 Å². The molecule has 9 heteroatoms. The number of nitrogens with two attached hydrogens (primary N) is 1. The zero-order chi connectivity index (χ0) is 25.6. The van der Waals surface area contributed by atoms with Gasteiger partial charge in [-0.3, -0.25) is 9.78 Å². The van der Waals surface area contributed by atoms with E-state index in [9.17, 15) is 9.59 Å². The van der Waals surface area contributed by atoms with Crippen molar-refractivity contribution in [1.82, 2.24) is 20.1 Å². The molecule has 0 bridgehead atoms. The highest BCUT2D eigenvalue weighted by Gasteiger charge is 2.13. The number of hydrogen-bond acceptors (Lipinski definition) is 6. The molecule has 0 fully saturated rings. The minimum absolute atomic E-state index is 0.137. The number of benzene rings is 3. The van der Waals surface area contributed by atoms with Gasteiger partial charge in [-0.05, 0) is 46.7 Å². The van der Waals surface area contributed by atoms with E-state index in [2.05, 4.69) is 20.7 Å². The van der Waals surface area contributed by atoms with Crippen LogP contribution in [0.2, 0.25) is 0 Å². The van der Waals surface area contributed by atoms with Crippen LogP contribution >= 0.6 is 0 Å². The van der Waals surface area contributed by atoms with Crippen molar-refractivity contribution in [3.05, 3.63) is 114 Å². The molecule has 0 spiro atoms. The first-order valence-corrected chi connectivity index (χ1v) is 11.6. The zero-order valence-electron chi connectivity index (χ0n) is 19.8. The number of rotatable bonds is 7. The van der Waals surface area contributed by atoms with Crippen LogP contribution in [-0.2, 0) is 17.9 Å². The number of hydrogen-bond donors (Lipinski definition) is 3. The van der Waals surface area contributed by atoms with Gasteiger partial charge < -0.3 is 21.1 Å². The Morgan fingerprint density at radius 2 is 1.73 bits per heavy atom. The molecule has 2 amide bonds. The molecule has 0 aliphatic carbocycles. The Balaban J connectivity index is 1.17. The fourth-order valence-electron chi connectivity index (χ4n) is 3.75. The van der Waals surface area contributed by atoms with Crippen LogP contribution in [0.1, 0.15) is 21.5 Å². The Hall–Kier alpha value is -5.18. The second-order valence-electron chi connectivity index (χ2n) is 8.35. The highest BCUT2D eigenvalue weighted by atomic mass is 16.5. The van der Waals surface area contributed by atoms with Gasteiger partial charge in [0.2, 0.25) is 0 Å². The first-order valence-electron chi connectivity index (χ1n) is 11.6. The summed E-state index contributed by atoms with van der Waals surface area (Å²) in [5, 5.41) is 12.1. The molecule has 4 N–H and O–H groups in total. The average Bonchev–Trinajstić information content (AvgIpc) is 3.31. The second-order valence-corrected chi connectivity index (χ2v) is 8.35. The lowest BCUT2D eigenvalue weighted by Crippen LogP contribution is -2.23. The van der Waals surface area contributed by atoms with Gasteiger partial charge in [0.1, 0.15) is 6.61 Å². The first kappa shape index (κ1) is 23.6. The van der Waals surface area contributed by atoms with Gasteiger partial charge >= 0.3 is 6.09 Å². The van der Waals surface area contributed by atoms with Gasteiger partial charge in [0.05, 0.1) is 17.6 Å². The fourth-order valence-corrected chi connectivity index (χ4v) is 3.75. The molecule has 3 aromatic carbocycles. The summed E-state index contributed by atoms with van der Waals surface area (Å²) in [7, 11) is 0. The molecule has 2 heterocycles. The number of alkyl carbamates (subject to hydrolysis) is 1. The largest absolute Gasteiger partial charge is 0.445 e. The molecule has 0 saturated carbocycles. The normalized spacial score (nSPS) is 10.7. The topological polar surface area (TPSA) is 124 Å². The zero-order valence-corrected chi connectivity index (χ0v) is 19.8. The number of nitrogens with one attached hydrogen (secondary N) is 2. The molecule has 5 aromatic rings. The summed E-state index contributed by atoms with van der Waals surface area (Å²) in [6, 6.07) is 24.5. The first-order chi connectivity index (χ1) is 18.0. The van der Waals surface area contributed by atoms with Crippen LogP contribution < -0.4 is 16.4 Å². The molecular formula is C28H24N6O3. The van der Waals surface area contributed by atoms with Gasteiger partial charge in [-0.2, -0.15) is 0 Å². The van der Waals surface area contributed by atoms with E-state index in [1.165, 1.54) is 0 Å². The smallest absolute Gasteiger partial charge is 0.407 e. The van der Waals surface area contributed by atoms with Crippen LogP contribution in [0.25, 0.3) is 16.5 Å². The van der Waals surface area contributed by atoms with Crippen molar-refractivity contribution in [2.45, 2.75) is 13.2 Å². The van der Waals surface area contributed by atoms with Crippen molar-refractivity contribution in [2.75, 3.05) is 11.1 Å². The third-order valence-electron chi connectivity index (χ3n) is 5.72. The van der Waals surface area contributed by atoms with Crippen molar-refractivity contribution in [1.29, 1.82) is 0 Å². The molecule has 0 radical (unpaired) electrons. The predicted octanol–water partition coefficient (Wildman–Crippen LogP) is 4.68. The molecule has 0 atom stereocenters. The second kappa shape index (κ2) is 10.6. The summed E-state index contributed by atoms with van der Waals surface area (Å²) in [5.74, 6) is -0.0638. The molecule has 184 valence electrons. The molecule has 37 heavy (non-hydrogen) atoms. The highest BCUT2D eigenvalue weighted by molar-refractivity contribution is 6.05. The predicted molar refractivity (Wildman–Crippen MR) is 141 cm³/mol. The molecule has 2 aromatic heterocycles. The van der Waals surface area contributed by atoms with Crippen LogP contribution in [0.3, 0.4) is 0 Å². The van der Waals surface area contributed by atoms with Gasteiger partial charge in [-0.1, -0.05) is 48.5 Å². The summed E-state index contributed by atoms with van der Waals surface area (Å²) in [4.78, 5) is 28.7. The van der Waals surface area contributed by atoms with Gasteiger partial charge in [-0.15, -0.1) is 5.10 Å². The van der Waals surface area contributed by atoms with Gasteiger partial charge in [0.15, 0.2) is 5.82 Å². The Labute approximate surface area is 212 Å². The van der Waals surface area contributed by atoms with E-state index < -0.39 is 6.09 Å². The van der Waals surface area contributed by atoms with Gasteiger partial charge in [0, 0.05) is 30.1 Å². The molecule has 0 unspecified atom stereocenters. The van der Waals surface area contributed by atoms with Crippen molar-refractivity contribution in [2.24, 2.45) is 0 Å². The van der Waals surface area contributed by atoms with E-state index in [-0.39, 0.29) is 24.9 Å². The minimum atomic E-state index is -0.539. The number of carbonyl (C=O) groups excluding carboxylic acids is 2. The molecule has 5 rings (SSSR count).